The van der Waals surface area contributed by atoms with E-state index in [0.29, 0.717) is 11.3 Å². The Bertz CT molecular complexity index is 884. The number of carbonyl (C=O) groups is 1. The lowest BCUT2D eigenvalue weighted by molar-refractivity contribution is -0.115. The van der Waals surface area contributed by atoms with Crippen LogP contribution in [0.25, 0.3) is 0 Å². The van der Waals surface area contributed by atoms with Crippen molar-refractivity contribution in [3.63, 3.8) is 0 Å². The van der Waals surface area contributed by atoms with Crippen LogP contribution in [0.15, 0.2) is 67.1 Å². The Morgan fingerprint density at radius 2 is 1.89 bits per heavy atom. The van der Waals surface area contributed by atoms with Crippen LogP contribution in [-0.2, 0) is 17.6 Å². The van der Waals surface area contributed by atoms with Crippen LogP contribution in [0.5, 0.6) is 0 Å². The van der Waals surface area contributed by atoms with Crippen LogP contribution in [0.4, 0.5) is 15.9 Å². The Morgan fingerprint density at radius 1 is 1.11 bits per heavy atom. The molecule has 2 heterocycles. The van der Waals surface area contributed by atoms with Gasteiger partial charge in [0.15, 0.2) is 0 Å². The Kier molecular flexibility index (Phi) is 6.10. The van der Waals surface area contributed by atoms with E-state index in [0.717, 1.165) is 18.8 Å². The maximum absolute atomic E-state index is 13.6. The quantitative estimate of drug-likeness (QED) is 0.697. The predicted octanol–water partition coefficient (Wildman–Crippen LogP) is 3.48. The molecule has 0 aliphatic heterocycles. The molecule has 0 aliphatic carbocycles. The maximum atomic E-state index is 13.6. The molecule has 0 radical (unpaired) electrons. The number of likely N-dealkylation sites (N-methyl/N-ethyl adjacent to an activating group) is 1. The third-order valence-electron chi connectivity index (χ3n) is 4.22. The molecule has 0 bridgehead atoms. The number of carbonyl (C=O) groups excluding carboxylic acids is 1. The molecule has 0 fully saturated rings. The number of aromatic nitrogens is 2. The fourth-order valence-electron chi connectivity index (χ4n) is 2.67. The normalized spacial score (nSPS) is 10.4. The van der Waals surface area contributed by atoms with Crippen LogP contribution >= 0.6 is 0 Å². The molecule has 1 N–H and O–H groups in total. The van der Waals surface area contributed by atoms with E-state index in [1.165, 1.54) is 11.6 Å². The molecular formula is C21H21FN4O. The second-order valence-corrected chi connectivity index (χ2v) is 6.25. The van der Waals surface area contributed by atoms with Gasteiger partial charge in [-0.25, -0.2) is 9.37 Å². The molecule has 3 aromatic rings. The molecule has 1 aromatic carbocycles. The molecule has 138 valence electrons. The SMILES string of the molecule is CN(CCc1ccncc1)c1ccc(NC(=O)Cc2ccccc2F)cn1. The summed E-state index contributed by atoms with van der Waals surface area (Å²) in [5, 5.41) is 2.75. The number of amides is 1. The lowest BCUT2D eigenvalue weighted by atomic mass is 10.1. The van der Waals surface area contributed by atoms with Gasteiger partial charge in [0.25, 0.3) is 0 Å². The number of nitrogens with zero attached hydrogens (tertiary/aromatic N) is 3. The van der Waals surface area contributed by atoms with E-state index in [4.69, 9.17) is 0 Å². The number of benzene rings is 1. The first-order chi connectivity index (χ1) is 13.1. The van der Waals surface area contributed by atoms with Crippen molar-refractivity contribution in [1.29, 1.82) is 0 Å². The number of rotatable bonds is 7. The number of nitrogens with one attached hydrogen (secondary N) is 1. The summed E-state index contributed by atoms with van der Waals surface area (Å²) in [5.41, 5.74) is 2.17. The van der Waals surface area contributed by atoms with Gasteiger partial charge in [0.2, 0.25) is 5.91 Å². The molecule has 0 aliphatic rings. The molecule has 0 saturated heterocycles. The van der Waals surface area contributed by atoms with Gasteiger partial charge in [-0.1, -0.05) is 18.2 Å². The van der Waals surface area contributed by atoms with Crippen LogP contribution in [0.2, 0.25) is 0 Å². The Morgan fingerprint density at radius 3 is 2.59 bits per heavy atom. The highest BCUT2D eigenvalue weighted by molar-refractivity contribution is 5.92. The highest BCUT2D eigenvalue weighted by atomic mass is 19.1. The first kappa shape index (κ1) is 18.5. The highest BCUT2D eigenvalue weighted by Crippen LogP contribution is 2.15. The second-order valence-electron chi connectivity index (χ2n) is 6.25. The zero-order chi connectivity index (χ0) is 19.1. The summed E-state index contributed by atoms with van der Waals surface area (Å²) >= 11 is 0. The van der Waals surface area contributed by atoms with Crippen molar-refractivity contribution in [1.82, 2.24) is 9.97 Å². The molecule has 0 spiro atoms. The van der Waals surface area contributed by atoms with Crippen LogP contribution in [-0.4, -0.2) is 29.5 Å². The average Bonchev–Trinajstić information content (AvgIpc) is 2.69. The number of anilines is 2. The summed E-state index contributed by atoms with van der Waals surface area (Å²) in [7, 11) is 1.97. The minimum absolute atomic E-state index is 0.0136. The van der Waals surface area contributed by atoms with Gasteiger partial charge in [-0.3, -0.25) is 9.78 Å². The van der Waals surface area contributed by atoms with Gasteiger partial charge in [-0.2, -0.15) is 0 Å². The predicted molar refractivity (Wildman–Crippen MR) is 104 cm³/mol. The van der Waals surface area contributed by atoms with Crippen molar-refractivity contribution in [2.45, 2.75) is 12.8 Å². The van der Waals surface area contributed by atoms with Gasteiger partial charge in [0.1, 0.15) is 11.6 Å². The molecule has 0 atom stereocenters. The van der Waals surface area contributed by atoms with E-state index in [2.05, 4.69) is 15.3 Å². The maximum Gasteiger partial charge on any atom is 0.228 e. The summed E-state index contributed by atoms with van der Waals surface area (Å²) in [6, 6.07) is 13.9. The monoisotopic (exact) mass is 364 g/mol. The van der Waals surface area contributed by atoms with Crippen molar-refractivity contribution < 1.29 is 9.18 Å². The Balaban J connectivity index is 1.53. The van der Waals surface area contributed by atoms with E-state index >= 15 is 0 Å². The van der Waals surface area contributed by atoms with E-state index in [-0.39, 0.29) is 18.1 Å². The van der Waals surface area contributed by atoms with E-state index in [1.54, 1.807) is 42.9 Å². The Labute approximate surface area is 157 Å². The van der Waals surface area contributed by atoms with E-state index in [9.17, 15) is 9.18 Å². The van der Waals surface area contributed by atoms with Crippen molar-refractivity contribution in [3.8, 4) is 0 Å². The fourth-order valence-corrected chi connectivity index (χ4v) is 2.67. The Hall–Kier alpha value is -3.28. The molecule has 0 unspecified atom stereocenters. The second kappa shape index (κ2) is 8.89. The van der Waals surface area contributed by atoms with Gasteiger partial charge in [0.05, 0.1) is 18.3 Å². The third kappa shape index (κ3) is 5.34. The lowest BCUT2D eigenvalue weighted by Crippen LogP contribution is -2.21. The van der Waals surface area contributed by atoms with Crippen LogP contribution in [0.1, 0.15) is 11.1 Å². The number of halogens is 1. The third-order valence-corrected chi connectivity index (χ3v) is 4.22. The van der Waals surface area contributed by atoms with Crippen molar-refractivity contribution in [2.75, 3.05) is 23.8 Å². The first-order valence-corrected chi connectivity index (χ1v) is 8.71. The van der Waals surface area contributed by atoms with Gasteiger partial charge < -0.3 is 10.2 Å². The molecule has 1 amide bonds. The van der Waals surface area contributed by atoms with Crippen LogP contribution in [0.3, 0.4) is 0 Å². The van der Waals surface area contributed by atoms with E-state index < -0.39 is 0 Å². The highest BCUT2D eigenvalue weighted by Gasteiger charge is 2.09. The fraction of sp³-hybridized carbons (Fsp3) is 0.190. The molecular weight excluding hydrogens is 343 g/mol. The molecule has 5 nitrogen and oxygen atoms in total. The van der Waals surface area contributed by atoms with Crippen molar-refractivity contribution in [2.24, 2.45) is 0 Å². The lowest BCUT2D eigenvalue weighted by Gasteiger charge is -2.18. The zero-order valence-electron chi connectivity index (χ0n) is 15.1. The van der Waals surface area contributed by atoms with E-state index in [1.807, 2.05) is 30.1 Å². The minimum Gasteiger partial charge on any atom is -0.359 e. The smallest absolute Gasteiger partial charge is 0.228 e. The first-order valence-electron chi connectivity index (χ1n) is 8.71. The zero-order valence-corrected chi connectivity index (χ0v) is 15.1. The molecule has 6 heteroatoms. The van der Waals surface area contributed by atoms with Crippen LogP contribution < -0.4 is 10.2 Å². The summed E-state index contributed by atoms with van der Waals surface area (Å²) in [6.07, 6.45) is 6.05. The standard InChI is InChI=1S/C21H21FN4O/c1-26(13-10-16-8-11-23-12-9-16)20-7-6-18(15-24-20)25-21(27)14-17-4-2-3-5-19(17)22/h2-9,11-12,15H,10,13-14H2,1H3,(H,25,27). The largest absolute Gasteiger partial charge is 0.359 e. The summed E-state index contributed by atoms with van der Waals surface area (Å²) < 4.78 is 13.6. The molecule has 3 rings (SSSR count). The number of hydrogen-bond donors (Lipinski definition) is 1. The number of hydrogen-bond acceptors (Lipinski definition) is 4. The summed E-state index contributed by atoms with van der Waals surface area (Å²) in [4.78, 5) is 22.5. The number of pyridine rings is 2. The molecule has 0 saturated carbocycles. The summed E-state index contributed by atoms with van der Waals surface area (Å²) in [6.45, 7) is 0.815. The molecule has 2 aromatic heterocycles. The van der Waals surface area contributed by atoms with Gasteiger partial charge in [0, 0.05) is 26.0 Å². The topological polar surface area (TPSA) is 58.1 Å². The average molecular weight is 364 g/mol. The van der Waals surface area contributed by atoms with Gasteiger partial charge in [-0.05, 0) is 47.9 Å². The van der Waals surface area contributed by atoms with Crippen molar-refractivity contribution in [3.05, 3.63) is 84.1 Å². The summed E-state index contributed by atoms with van der Waals surface area (Å²) in [5.74, 6) is 0.161. The van der Waals surface area contributed by atoms with Crippen molar-refractivity contribution >= 4 is 17.4 Å². The van der Waals surface area contributed by atoms with Gasteiger partial charge in [-0.15, -0.1) is 0 Å². The molecule has 27 heavy (non-hydrogen) atoms. The van der Waals surface area contributed by atoms with Crippen LogP contribution in [0, 0.1) is 5.82 Å². The van der Waals surface area contributed by atoms with Gasteiger partial charge >= 0.3 is 0 Å². The minimum atomic E-state index is -0.378.